The molecule has 0 radical (unpaired) electrons. The molecule has 0 saturated heterocycles. The van der Waals surface area contributed by atoms with Gasteiger partial charge in [-0.2, -0.15) is 0 Å². The highest BCUT2D eigenvalue weighted by atomic mass is 32.2. The normalized spacial score (nSPS) is 16.6. The van der Waals surface area contributed by atoms with Crippen molar-refractivity contribution in [3.8, 4) is 0 Å². The molecule has 94 valence electrons. The maximum Gasteiger partial charge on any atom is 0.233 e. The van der Waals surface area contributed by atoms with Gasteiger partial charge in [0.05, 0.1) is 0 Å². The summed E-state index contributed by atoms with van der Waals surface area (Å²) in [4.78, 5) is 11.7. The maximum absolute atomic E-state index is 11.7. The van der Waals surface area contributed by atoms with Gasteiger partial charge in [0.25, 0.3) is 0 Å². The van der Waals surface area contributed by atoms with Crippen molar-refractivity contribution in [1.29, 1.82) is 0 Å². The third kappa shape index (κ3) is 3.80. The standard InChI is InChI=1S/C9H19N3O3S/c1-6(16(4)15)5-11-8(13)9(2,3)7(10)12-14/h6,14H,5H2,1-4H3,(H2,10,12)(H,11,13). The number of carbonyl (C=O) groups is 1. The van der Waals surface area contributed by atoms with Crippen LogP contribution in [-0.4, -0.2) is 39.2 Å². The highest BCUT2D eigenvalue weighted by Gasteiger charge is 2.32. The fourth-order valence-electron chi connectivity index (χ4n) is 0.816. The van der Waals surface area contributed by atoms with Gasteiger partial charge in [0, 0.05) is 28.9 Å². The van der Waals surface area contributed by atoms with Crippen molar-refractivity contribution in [2.75, 3.05) is 12.8 Å². The number of nitrogens with zero attached hydrogens (tertiary/aromatic N) is 1. The number of amidine groups is 1. The number of oxime groups is 1. The zero-order valence-corrected chi connectivity index (χ0v) is 10.8. The number of nitrogens with one attached hydrogen (secondary N) is 1. The Labute approximate surface area is 97.7 Å². The van der Waals surface area contributed by atoms with Gasteiger partial charge in [0.1, 0.15) is 5.41 Å². The molecule has 1 amide bonds. The summed E-state index contributed by atoms with van der Waals surface area (Å²) in [7, 11) is -0.992. The molecular weight excluding hydrogens is 230 g/mol. The molecule has 16 heavy (non-hydrogen) atoms. The Hall–Kier alpha value is -1.11. The van der Waals surface area contributed by atoms with Gasteiger partial charge in [0.2, 0.25) is 5.91 Å². The Morgan fingerprint density at radius 1 is 1.62 bits per heavy atom. The highest BCUT2D eigenvalue weighted by molar-refractivity contribution is 7.84. The van der Waals surface area contributed by atoms with E-state index in [1.807, 2.05) is 0 Å². The van der Waals surface area contributed by atoms with E-state index in [4.69, 9.17) is 10.9 Å². The lowest BCUT2D eigenvalue weighted by atomic mass is 9.91. The third-order valence-corrected chi connectivity index (χ3v) is 3.73. The van der Waals surface area contributed by atoms with Crippen LogP contribution in [-0.2, 0) is 15.6 Å². The first kappa shape index (κ1) is 14.9. The summed E-state index contributed by atoms with van der Waals surface area (Å²) in [5, 5.41) is 13.8. The predicted octanol–water partition coefficient (Wildman–Crippen LogP) is -0.358. The molecule has 0 spiro atoms. The van der Waals surface area contributed by atoms with Crippen LogP contribution in [0.5, 0.6) is 0 Å². The zero-order chi connectivity index (χ0) is 12.9. The first-order valence-electron chi connectivity index (χ1n) is 4.82. The van der Waals surface area contributed by atoms with Gasteiger partial charge >= 0.3 is 0 Å². The van der Waals surface area contributed by atoms with Gasteiger partial charge in [-0.15, -0.1) is 0 Å². The van der Waals surface area contributed by atoms with E-state index in [-0.39, 0.29) is 17.0 Å². The topological polar surface area (TPSA) is 105 Å². The molecule has 0 bridgehead atoms. The number of rotatable bonds is 5. The summed E-state index contributed by atoms with van der Waals surface area (Å²) in [5.74, 6) is -0.518. The average molecular weight is 249 g/mol. The molecule has 0 saturated carbocycles. The van der Waals surface area contributed by atoms with Gasteiger partial charge in [-0.25, -0.2) is 0 Å². The van der Waals surface area contributed by atoms with Crippen LogP contribution < -0.4 is 11.1 Å². The molecule has 0 aliphatic carbocycles. The van der Waals surface area contributed by atoms with Crippen molar-refractivity contribution in [3.05, 3.63) is 0 Å². The minimum atomic E-state index is -1.08. The summed E-state index contributed by atoms with van der Waals surface area (Å²) < 4.78 is 11.1. The van der Waals surface area contributed by atoms with Crippen molar-refractivity contribution in [1.82, 2.24) is 5.32 Å². The molecule has 0 aliphatic rings. The second kappa shape index (κ2) is 5.83. The Bertz CT molecular complexity index is 315. The number of hydrogen-bond donors (Lipinski definition) is 3. The Morgan fingerprint density at radius 3 is 2.50 bits per heavy atom. The van der Waals surface area contributed by atoms with E-state index in [1.165, 1.54) is 0 Å². The molecule has 0 aromatic rings. The SMILES string of the molecule is CC(CNC(=O)C(C)(C)C(N)=NO)S(C)=O. The van der Waals surface area contributed by atoms with Gasteiger partial charge in [-0.05, 0) is 20.8 Å². The van der Waals surface area contributed by atoms with Crippen molar-refractivity contribution in [3.63, 3.8) is 0 Å². The molecule has 2 atom stereocenters. The van der Waals surface area contributed by atoms with E-state index < -0.39 is 16.2 Å². The molecule has 7 heteroatoms. The molecule has 0 heterocycles. The van der Waals surface area contributed by atoms with E-state index in [0.29, 0.717) is 6.54 Å². The number of carbonyl (C=O) groups excluding carboxylic acids is 1. The summed E-state index contributed by atoms with van der Waals surface area (Å²) in [6.07, 6.45) is 1.57. The third-order valence-electron chi connectivity index (χ3n) is 2.43. The van der Waals surface area contributed by atoms with Gasteiger partial charge < -0.3 is 16.3 Å². The van der Waals surface area contributed by atoms with Crippen molar-refractivity contribution in [2.45, 2.75) is 26.0 Å². The molecule has 2 unspecified atom stereocenters. The van der Waals surface area contributed by atoms with E-state index in [9.17, 15) is 9.00 Å². The Balaban J connectivity index is 4.43. The van der Waals surface area contributed by atoms with Crippen molar-refractivity contribution < 1.29 is 14.2 Å². The zero-order valence-electron chi connectivity index (χ0n) is 9.98. The largest absolute Gasteiger partial charge is 0.409 e. The van der Waals surface area contributed by atoms with Crippen LogP contribution in [0.2, 0.25) is 0 Å². The second-order valence-corrected chi connectivity index (χ2v) is 5.93. The van der Waals surface area contributed by atoms with Crippen LogP contribution in [0.15, 0.2) is 5.16 Å². The van der Waals surface area contributed by atoms with E-state index in [2.05, 4.69) is 10.5 Å². The Kier molecular flexibility index (Phi) is 5.43. The van der Waals surface area contributed by atoms with Crippen LogP contribution in [0.25, 0.3) is 0 Å². The minimum Gasteiger partial charge on any atom is -0.409 e. The molecule has 0 aromatic heterocycles. The summed E-state index contributed by atoms with van der Waals surface area (Å²) in [6, 6.07) is 0. The summed E-state index contributed by atoms with van der Waals surface area (Å²) in [6.45, 7) is 5.16. The lowest BCUT2D eigenvalue weighted by molar-refractivity contribution is -0.126. The minimum absolute atomic E-state index is 0.132. The monoisotopic (exact) mass is 249 g/mol. The number of nitrogens with two attached hydrogens (primary N) is 1. The first-order chi connectivity index (χ1) is 7.23. The molecule has 0 aliphatic heterocycles. The quantitative estimate of drug-likeness (QED) is 0.268. The molecule has 0 aromatic carbocycles. The lowest BCUT2D eigenvalue weighted by Crippen LogP contribution is -2.47. The fourth-order valence-corrected chi connectivity index (χ4v) is 1.13. The van der Waals surface area contributed by atoms with Gasteiger partial charge in [0.15, 0.2) is 5.84 Å². The van der Waals surface area contributed by atoms with Crippen LogP contribution in [0.1, 0.15) is 20.8 Å². The molecule has 0 fully saturated rings. The number of hydrogen-bond acceptors (Lipinski definition) is 4. The van der Waals surface area contributed by atoms with Crippen LogP contribution >= 0.6 is 0 Å². The first-order valence-corrected chi connectivity index (χ1v) is 6.44. The molecular formula is C9H19N3O3S. The number of amides is 1. The molecule has 4 N–H and O–H groups in total. The highest BCUT2D eigenvalue weighted by Crippen LogP contribution is 2.15. The molecule has 6 nitrogen and oxygen atoms in total. The summed E-state index contributed by atoms with van der Waals surface area (Å²) >= 11 is 0. The fraction of sp³-hybridized carbons (Fsp3) is 0.778. The predicted molar refractivity (Wildman–Crippen MR) is 63.7 cm³/mol. The van der Waals surface area contributed by atoms with Crippen molar-refractivity contribution >= 4 is 22.5 Å². The van der Waals surface area contributed by atoms with Crippen LogP contribution in [0.3, 0.4) is 0 Å². The summed E-state index contributed by atoms with van der Waals surface area (Å²) in [5.41, 5.74) is 4.32. The Morgan fingerprint density at radius 2 is 2.12 bits per heavy atom. The van der Waals surface area contributed by atoms with Gasteiger partial charge in [-0.3, -0.25) is 9.00 Å². The van der Waals surface area contributed by atoms with Crippen molar-refractivity contribution in [2.24, 2.45) is 16.3 Å². The second-order valence-electron chi connectivity index (χ2n) is 4.13. The average Bonchev–Trinajstić information content (AvgIpc) is 2.23. The lowest BCUT2D eigenvalue weighted by Gasteiger charge is -2.22. The van der Waals surface area contributed by atoms with Gasteiger partial charge in [-0.1, -0.05) is 5.16 Å². The van der Waals surface area contributed by atoms with Crippen LogP contribution in [0, 0.1) is 5.41 Å². The van der Waals surface area contributed by atoms with E-state index >= 15 is 0 Å². The van der Waals surface area contributed by atoms with E-state index in [0.717, 1.165) is 0 Å². The van der Waals surface area contributed by atoms with Crippen LogP contribution in [0.4, 0.5) is 0 Å². The molecule has 0 rings (SSSR count). The maximum atomic E-state index is 11.7. The van der Waals surface area contributed by atoms with E-state index in [1.54, 1.807) is 27.0 Å². The smallest absolute Gasteiger partial charge is 0.233 e.